The number of hydrogen-bond acceptors (Lipinski definition) is 1. The van der Waals surface area contributed by atoms with Gasteiger partial charge in [-0.1, -0.05) is 24.3 Å². The van der Waals surface area contributed by atoms with Crippen LogP contribution in [0.4, 0.5) is 0 Å². The Hall–Kier alpha value is -1.37. The van der Waals surface area contributed by atoms with Crippen LogP contribution in [-0.4, -0.2) is 5.78 Å². The van der Waals surface area contributed by atoms with Crippen molar-refractivity contribution in [2.24, 2.45) is 5.92 Å². The molecule has 0 spiro atoms. The lowest BCUT2D eigenvalue weighted by Gasteiger charge is -2.16. The molecule has 0 bridgehead atoms. The van der Waals surface area contributed by atoms with Gasteiger partial charge in [0, 0.05) is 0 Å². The Morgan fingerprint density at radius 3 is 3.08 bits per heavy atom. The van der Waals surface area contributed by atoms with Gasteiger partial charge in [-0.05, 0) is 29.2 Å². The van der Waals surface area contributed by atoms with Crippen LogP contribution in [0.15, 0.2) is 47.1 Å². The first-order valence-corrected chi connectivity index (χ1v) is 4.18. The maximum Gasteiger partial charge on any atom is 0.167 e. The molecule has 1 unspecified atom stereocenters. The first-order chi connectivity index (χ1) is 5.86. The van der Waals surface area contributed by atoms with E-state index in [0.717, 1.165) is 6.42 Å². The number of carbonyl (C=O) groups is 1. The van der Waals surface area contributed by atoms with E-state index in [1.54, 1.807) is 6.08 Å². The molecule has 3 rings (SSSR count). The highest BCUT2D eigenvalue weighted by molar-refractivity contribution is 5.99. The molecule has 12 heavy (non-hydrogen) atoms. The van der Waals surface area contributed by atoms with Crippen LogP contribution in [0.1, 0.15) is 6.42 Å². The Bertz CT molecular complexity index is 391. The summed E-state index contributed by atoms with van der Waals surface area (Å²) in [7, 11) is 0. The first-order valence-electron chi connectivity index (χ1n) is 4.18. The minimum absolute atomic E-state index is 0.0926. The molecule has 0 aromatic carbocycles. The van der Waals surface area contributed by atoms with Gasteiger partial charge in [-0.3, -0.25) is 4.79 Å². The first kappa shape index (κ1) is 6.18. The lowest BCUT2D eigenvalue weighted by Crippen LogP contribution is -2.16. The number of ketones is 1. The lowest BCUT2D eigenvalue weighted by molar-refractivity contribution is -0.116. The van der Waals surface area contributed by atoms with Gasteiger partial charge in [0.1, 0.15) is 0 Å². The molecule has 1 atom stereocenters. The third-order valence-corrected chi connectivity index (χ3v) is 2.66. The van der Waals surface area contributed by atoms with E-state index < -0.39 is 0 Å². The molecule has 0 amide bonds. The number of hydrogen-bond donors (Lipinski definition) is 0. The number of rotatable bonds is 0. The zero-order chi connectivity index (χ0) is 8.13. The van der Waals surface area contributed by atoms with Crippen LogP contribution in [0.5, 0.6) is 0 Å². The van der Waals surface area contributed by atoms with Gasteiger partial charge in [0.2, 0.25) is 0 Å². The molecule has 0 N–H and O–H groups in total. The summed E-state index contributed by atoms with van der Waals surface area (Å²) in [5.74, 6) is 0.344. The molecule has 1 nitrogen and oxygen atoms in total. The van der Waals surface area contributed by atoms with Crippen LogP contribution in [0.25, 0.3) is 0 Å². The van der Waals surface area contributed by atoms with Gasteiger partial charge in [0.05, 0.1) is 5.92 Å². The van der Waals surface area contributed by atoms with Gasteiger partial charge in [0.15, 0.2) is 5.78 Å². The van der Waals surface area contributed by atoms with E-state index >= 15 is 0 Å². The standard InChI is InChI=1S/C11H8O/c12-10-3-1-2-7-4-5-8-6-9(8)11(7)10/h1-5,11H,6H2. The summed E-state index contributed by atoms with van der Waals surface area (Å²) in [5, 5.41) is 0. The molecule has 0 aromatic heterocycles. The second kappa shape index (κ2) is 1.86. The number of allylic oxidation sites excluding steroid dienone is 8. The third-order valence-electron chi connectivity index (χ3n) is 2.66. The summed E-state index contributed by atoms with van der Waals surface area (Å²) in [6.45, 7) is 0. The van der Waals surface area contributed by atoms with E-state index in [1.165, 1.54) is 16.7 Å². The molecule has 0 heterocycles. The highest BCUT2D eigenvalue weighted by Crippen LogP contribution is 2.46. The molecule has 0 radical (unpaired) electrons. The molecule has 0 saturated heterocycles. The van der Waals surface area contributed by atoms with Crippen molar-refractivity contribution >= 4 is 5.78 Å². The minimum atomic E-state index is 0.0926. The van der Waals surface area contributed by atoms with Crippen LogP contribution in [0.2, 0.25) is 0 Å². The maximum atomic E-state index is 11.5. The van der Waals surface area contributed by atoms with Gasteiger partial charge in [-0.25, -0.2) is 0 Å². The molecule has 0 aliphatic heterocycles. The molecule has 3 aliphatic carbocycles. The fraction of sp³-hybridized carbons (Fsp3) is 0.182. The van der Waals surface area contributed by atoms with Crippen LogP contribution >= 0.6 is 0 Å². The number of carbonyl (C=O) groups excluding carboxylic acids is 1. The Morgan fingerprint density at radius 2 is 2.17 bits per heavy atom. The second-order valence-corrected chi connectivity index (χ2v) is 3.42. The predicted octanol–water partition coefficient (Wildman–Crippen LogP) is 1.94. The zero-order valence-electron chi connectivity index (χ0n) is 6.58. The van der Waals surface area contributed by atoms with Crippen molar-refractivity contribution in [3.8, 4) is 0 Å². The Balaban J connectivity index is 2.14. The number of fused-ring (bicyclic) bond motifs is 2. The van der Waals surface area contributed by atoms with Crippen molar-refractivity contribution < 1.29 is 4.79 Å². The topological polar surface area (TPSA) is 17.1 Å². The van der Waals surface area contributed by atoms with Crippen LogP contribution in [-0.2, 0) is 4.79 Å². The molecule has 3 aliphatic rings. The van der Waals surface area contributed by atoms with Crippen LogP contribution in [0.3, 0.4) is 0 Å². The monoisotopic (exact) mass is 156 g/mol. The quantitative estimate of drug-likeness (QED) is 0.523. The van der Waals surface area contributed by atoms with Crippen molar-refractivity contribution in [1.29, 1.82) is 0 Å². The highest BCUT2D eigenvalue weighted by atomic mass is 16.1. The Kier molecular flexibility index (Phi) is 0.959. The van der Waals surface area contributed by atoms with E-state index in [-0.39, 0.29) is 11.7 Å². The van der Waals surface area contributed by atoms with Crippen molar-refractivity contribution in [3.63, 3.8) is 0 Å². The average molecular weight is 156 g/mol. The van der Waals surface area contributed by atoms with Crippen molar-refractivity contribution in [2.75, 3.05) is 0 Å². The summed E-state index contributed by atoms with van der Waals surface area (Å²) in [5.41, 5.74) is 3.89. The Morgan fingerprint density at radius 1 is 1.25 bits per heavy atom. The van der Waals surface area contributed by atoms with E-state index in [4.69, 9.17) is 0 Å². The molecular formula is C11H8O. The largest absolute Gasteiger partial charge is 0.294 e. The van der Waals surface area contributed by atoms with Gasteiger partial charge in [0.25, 0.3) is 0 Å². The molecule has 0 fully saturated rings. The fourth-order valence-electron chi connectivity index (χ4n) is 1.95. The van der Waals surface area contributed by atoms with E-state index in [0.29, 0.717) is 0 Å². The molecule has 0 saturated carbocycles. The summed E-state index contributed by atoms with van der Waals surface area (Å²) < 4.78 is 0. The minimum Gasteiger partial charge on any atom is -0.294 e. The summed E-state index contributed by atoms with van der Waals surface area (Å²) in [6.07, 6.45) is 10.8. The third kappa shape index (κ3) is 0.658. The average Bonchev–Trinajstić information content (AvgIpc) is 2.82. The van der Waals surface area contributed by atoms with Gasteiger partial charge in [-0.2, -0.15) is 0 Å². The van der Waals surface area contributed by atoms with Crippen LogP contribution in [0, 0.1) is 5.92 Å². The lowest BCUT2D eigenvalue weighted by atomic mass is 9.86. The molecule has 1 heteroatoms. The predicted molar refractivity (Wildman–Crippen MR) is 46.5 cm³/mol. The SMILES string of the molecule is O=C1C=CC=C2C=CC3=C(C3)C12. The Labute approximate surface area is 70.8 Å². The maximum absolute atomic E-state index is 11.5. The van der Waals surface area contributed by atoms with Crippen molar-refractivity contribution in [1.82, 2.24) is 0 Å². The smallest absolute Gasteiger partial charge is 0.167 e. The molecule has 58 valence electrons. The second-order valence-electron chi connectivity index (χ2n) is 3.42. The van der Waals surface area contributed by atoms with Gasteiger partial charge < -0.3 is 0 Å². The summed E-state index contributed by atoms with van der Waals surface area (Å²) in [6, 6.07) is 0. The van der Waals surface area contributed by atoms with Crippen LogP contribution < -0.4 is 0 Å². The highest BCUT2D eigenvalue weighted by Gasteiger charge is 2.36. The van der Waals surface area contributed by atoms with Gasteiger partial charge >= 0.3 is 0 Å². The van der Waals surface area contributed by atoms with Crippen molar-refractivity contribution in [3.05, 3.63) is 47.1 Å². The van der Waals surface area contributed by atoms with E-state index in [1.807, 2.05) is 12.2 Å². The normalized spacial score (nSPS) is 29.8. The van der Waals surface area contributed by atoms with Gasteiger partial charge in [-0.15, -0.1) is 0 Å². The summed E-state index contributed by atoms with van der Waals surface area (Å²) in [4.78, 5) is 11.5. The summed E-state index contributed by atoms with van der Waals surface area (Å²) >= 11 is 0. The fourth-order valence-corrected chi connectivity index (χ4v) is 1.95. The van der Waals surface area contributed by atoms with Crippen molar-refractivity contribution in [2.45, 2.75) is 6.42 Å². The zero-order valence-corrected chi connectivity index (χ0v) is 6.58. The molecule has 0 aromatic rings. The van der Waals surface area contributed by atoms with E-state index in [9.17, 15) is 4.79 Å². The van der Waals surface area contributed by atoms with E-state index in [2.05, 4.69) is 12.2 Å². The molecular weight excluding hydrogens is 148 g/mol.